The topological polar surface area (TPSA) is 160 Å². The lowest BCUT2D eigenvalue weighted by Gasteiger charge is -2.49. The number of hydrazine groups is 2. The Bertz CT molecular complexity index is 1270. The second kappa shape index (κ2) is 11.7. The summed E-state index contributed by atoms with van der Waals surface area (Å²) in [7, 11) is 0. The fourth-order valence-corrected chi connectivity index (χ4v) is 5.89. The van der Waals surface area contributed by atoms with Crippen LogP contribution in [0.4, 0.5) is 5.95 Å². The Morgan fingerprint density at radius 3 is 2.51 bits per heavy atom. The van der Waals surface area contributed by atoms with Gasteiger partial charge in [-0.3, -0.25) is 14.5 Å². The molecule has 2 fully saturated rings. The molecule has 2 saturated heterocycles. The number of hydrogen-bond donors (Lipinski definition) is 3. The normalized spacial score (nSPS) is 20.7. The first kappa shape index (κ1) is 26.4. The smallest absolute Gasteiger partial charge is 0.352 e. The average molecular weight is 556 g/mol. The second-order valence-corrected chi connectivity index (χ2v) is 10.1. The number of thioether (sulfide) groups is 1. The summed E-state index contributed by atoms with van der Waals surface area (Å²) < 4.78 is 0. The average Bonchev–Trinajstić information content (AvgIpc) is 2.96. The first-order valence-corrected chi connectivity index (χ1v) is 13.3. The molecule has 204 valence electrons. The summed E-state index contributed by atoms with van der Waals surface area (Å²) in [6, 6.07) is 10.1. The van der Waals surface area contributed by atoms with Crippen LogP contribution in [0.15, 0.2) is 60.1 Å². The van der Waals surface area contributed by atoms with Crippen molar-refractivity contribution in [3.05, 3.63) is 70.5 Å². The standard InChI is InChI=1S/C24H26N8O6S/c33-18(13-16-5-2-1-3-6-16)27-19-21(34)31-20(23(35)36)17(15-39-22(19)31)14-38-28-32(37)30-11-9-29(10-12-30)24-25-7-4-8-26-24/h1-8,19,22H,9-15H2,(H2-,27,28,33,35,36,37)/p+1. The molecule has 0 bridgehead atoms. The fraction of sp³-hybridized carbons (Fsp3) is 0.375. The number of nitrogens with one attached hydrogen (secondary N) is 2. The van der Waals surface area contributed by atoms with Crippen molar-refractivity contribution in [1.29, 1.82) is 0 Å². The number of aromatic nitrogens is 2. The third-order valence-corrected chi connectivity index (χ3v) is 7.85. The van der Waals surface area contributed by atoms with Gasteiger partial charge in [-0.25, -0.2) is 19.6 Å². The lowest BCUT2D eigenvalue weighted by atomic mass is 10.0. The summed E-state index contributed by atoms with van der Waals surface area (Å²) in [5, 5.41) is 13.5. The molecule has 3 aliphatic rings. The third-order valence-electron chi connectivity index (χ3n) is 6.51. The summed E-state index contributed by atoms with van der Waals surface area (Å²) in [6.45, 7) is 1.66. The molecule has 1 aromatic heterocycles. The van der Waals surface area contributed by atoms with Crippen molar-refractivity contribution in [3.63, 3.8) is 0 Å². The largest absolute Gasteiger partial charge is 0.477 e. The van der Waals surface area contributed by atoms with Gasteiger partial charge in [0.15, 0.2) is 0 Å². The quantitative estimate of drug-likeness (QED) is 0.200. The minimum Gasteiger partial charge on any atom is -0.477 e. The van der Waals surface area contributed by atoms with Crippen LogP contribution in [0, 0.1) is 4.91 Å². The van der Waals surface area contributed by atoms with Crippen molar-refractivity contribution in [2.24, 2.45) is 0 Å². The van der Waals surface area contributed by atoms with E-state index < -0.39 is 23.3 Å². The highest BCUT2D eigenvalue weighted by molar-refractivity contribution is 8.00. The number of carbonyl (C=O) groups excluding carboxylic acids is 2. The molecular formula is C24H27N8O6S+. The van der Waals surface area contributed by atoms with E-state index in [-0.39, 0.29) is 30.4 Å². The number of nitroso groups, excluding NO2 is 1. The number of fused-ring (bicyclic) bond motifs is 1. The Hall–Kier alpha value is -4.24. The highest BCUT2D eigenvalue weighted by Crippen LogP contribution is 2.40. The van der Waals surface area contributed by atoms with E-state index in [9.17, 15) is 24.4 Å². The molecule has 3 aliphatic heterocycles. The zero-order chi connectivity index (χ0) is 27.4. The van der Waals surface area contributed by atoms with Crippen molar-refractivity contribution in [3.8, 4) is 0 Å². The van der Waals surface area contributed by atoms with Crippen molar-refractivity contribution >= 4 is 35.5 Å². The molecule has 3 N–H and O–H groups in total. The Morgan fingerprint density at radius 2 is 1.82 bits per heavy atom. The van der Waals surface area contributed by atoms with Crippen LogP contribution in [0.5, 0.6) is 0 Å². The lowest BCUT2D eigenvalue weighted by molar-refractivity contribution is -0.788. The van der Waals surface area contributed by atoms with E-state index in [0.29, 0.717) is 42.7 Å². The zero-order valence-electron chi connectivity index (χ0n) is 20.8. The van der Waals surface area contributed by atoms with Gasteiger partial charge in [-0.1, -0.05) is 30.3 Å². The minimum atomic E-state index is -1.28. The number of aliphatic carboxylic acids is 1. The van der Waals surface area contributed by atoms with Crippen LogP contribution < -0.4 is 15.8 Å². The molecule has 2 atom stereocenters. The van der Waals surface area contributed by atoms with E-state index in [4.69, 9.17) is 4.84 Å². The number of piperazine rings is 1. The Labute approximate surface area is 227 Å². The molecule has 1 aromatic carbocycles. The van der Waals surface area contributed by atoms with Gasteiger partial charge in [0.2, 0.25) is 11.9 Å². The Balaban J connectivity index is 1.12. The molecule has 0 aliphatic carbocycles. The summed E-state index contributed by atoms with van der Waals surface area (Å²) >= 11 is 1.33. The summed E-state index contributed by atoms with van der Waals surface area (Å²) in [5.41, 5.74) is 3.26. The van der Waals surface area contributed by atoms with E-state index in [2.05, 4.69) is 20.9 Å². The van der Waals surface area contributed by atoms with E-state index in [1.54, 1.807) is 18.5 Å². The third kappa shape index (κ3) is 5.78. The molecule has 5 rings (SSSR count). The molecule has 4 heterocycles. The van der Waals surface area contributed by atoms with E-state index >= 15 is 0 Å². The van der Waals surface area contributed by atoms with E-state index in [1.165, 1.54) is 21.7 Å². The first-order valence-electron chi connectivity index (χ1n) is 12.3. The zero-order valence-corrected chi connectivity index (χ0v) is 21.6. The number of anilines is 1. The maximum Gasteiger partial charge on any atom is 0.352 e. The van der Waals surface area contributed by atoms with Crippen LogP contribution in [0.3, 0.4) is 0 Å². The van der Waals surface area contributed by atoms with Crippen molar-refractivity contribution in [2.75, 3.05) is 43.4 Å². The van der Waals surface area contributed by atoms with E-state index in [1.807, 2.05) is 35.2 Å². The maximum atomic E-state index is 12.8. The number of nitrogens with zero attached hydrogens (tertiary/aromatic N) is 6. The molecule has 2 aromatic rings. The van der Waals surface area contributed by atoms with Crippen LogP contribution >= 0.6 is 11.8 Å². The van der Waals surface area contributed by atoms with Crippen LogP contribution in [-0.4, -0.2) is 97.7 Å². The minimum absolute atomic E-state index is 0.120. The molecule has 15 heteroatoms. The predicted molar refractivity (Wildman–Crippen MR) is 138 cm³/mol. The summed E-state index contributed by atoms with van der Waals surface area (Å²) in [5.74, 6) is -1.23. The number of rotatable bonds is 10. The molecule has 14 nitrogen and oxygen atoms in total. The Morgan fingerprint density at radius 1 is 1.10 bits per heavy atom. The monoisotopic (exact) mass is 555 g/mol. The fourth-order valence-electron chi connectivity index (χ4n) is 4.56. The van der Waals surface area contributed by atoms with Crippen LogP contribution in [0.25, 0.3) is 0 Å². The number of amides is 2. The molecular weight excluding hydrogens is 528 g/mol. The number of β-lactam (4-membered cyclic amide) rings is 1. The lowest BCUT2D eigenvalue weighted by Crippen LogP contribution is -2.70. The molecule has 2 unspecified atom stereocenters. The molecule has 0 saturated carbocycles. The number of carboxylic acid groups (broad SMARTS) is 1. The number of benzene rings is 1. The summed E-state index contributed by atoms with van der Waals surface area (Å²) in [6.07, 6.45) is 3.44. The van der Waals surface area contributed by atoms with Crippen LogP contribution in [0.1, 0.15) is 5.56 Å². The van der Waals surface area contributed by atoms with Gasteiger partial charge in [-0.15, -0.1) is 16.8 Å². The second-order valence-electron chi connectivity index (χ2n) is 9.02. The van der Waals surface area contributed by atoms with Gasteiger partial charge in [-0.05, 0) is 17.2 Å². The van der Waals surface area contributed by atoms with Crippen molar-refractivity contribution < 1.29 is 29.3 Å². The summed E-state index contributed by atoms with van der Waals surface area (Å²) in [4.78, 5) is 67.1. The van der Waals surface area contributed by atoms with Crippen LogP contribution in [-0.2, 0) is 25.6 Å². The van der Waals surface area contributed by atoms with Crippen LogP contribution in [0.2, 0.25) is 0 Å². The first-order chi connectivity index (χ1) is 18.9. The molecule has 2 amide bonds. The Kier molecular flexibility index (Phi) is 7.88. The van der Waals surface area contributed by atoms with Gasteiger partial charge < -0.3 is 15.3 Å². The molecule has 0 spiro atoms. The molecule has 0 radical (unpaired) electrons. The number of carbonyl (C=O) groups is 3. The number of hydrogen-bond acceptors (Lipinski definition) is 9. The predicted octanol–water partition coefficient (Wildman–Crippen LogP) is -0.290. The van der Waals surface area contributed by atoms with Gasteiger partial charge in [0.05, 0.1) is 24.4 Å². The van der Waals surface area contributed by atoms with Gasteiger partial charge in [0.25, 0.3) is 10.9 Å². The van der Waals surface area contributed by atoms with Gasteiger partial charge in [0.1, 0.15) is 23.7 Å². The van der Waals surface area contributed by atoms with E-state index in [0.717, 1.165) is 5.56 Å². The van der Waals surface area contributed by atoms with Gasteiger partial charge in [0, 0.05) is 36.8 Å². The highest BCUT2D eigenvalue weighted by Gasteiger charge is 2.54. The SMILES string of the molecule is O=C(Cc1ccccc1)NC1C(=O)N2C(C(=O)O)=C(CON[N+](=O)N3CCN(c4ncccn4)CC3)CSC12. The van der Waals surface area contributed by atoms with Crippen molar-refractivity contribution in [1.82, 2.24) is 30.8 Å². The molecule has 39 heavy (non-hydrogen) atoms. The van der Waals surface area contributed by atoms with Crippen molar-refractivity contribution in [2.45, 2.75) is 17.8 Å². The van der Waals surface area contributed by atoms with Gasteiger partial charge >= 0.3 is 5.97 Å². The number of carboxylic acids is 1. The highest BCUT2D eigenvalue weighted by atomic mass is 32.2. The maximum absolute atomic E-state index is 12.8. The van der Waals surface area contributed by atoms with Gasteiger partial charge in [-0.2, -0.15) is 0 Å².